The van der Waals surface area contributed by atoms with Gasteiger partial charge in [0.2, 0.25) is 12.4 Å². The Labute approximate surface area is 183 Å². The Kier molecular flexibility index (Phi) is 9.99. The number of rotatable bonds is 9. The fourth-order valence-corrected chi connectivity index (χ4v) is 3.32. The highest BCUT2D eigenvalue weighted by Crippen LogP contribution is 2.30. The normalized spacial score (nSPS) is 25.2. The number of carbonyl (C=O) groups is 5. The molecule has 0 aromatic heterocycles. The van der Waals surface area contributed by atoms with Gasteiger partial charge in [-0.05, 0) is 6.42 Å². The lowest BCUT2D eigenvalue weighted by atomic mass is 9.97. The second-order valence-electron chi connectivity index (χ2n) is 6.69. The van der Waals surface area contributed by atoms with Crippen molar-refractivity contribution in [3.8, 4) is 0 Å². The lowest BCUT2D eigenvalue weighted by Crippen LogP contribution is -2.65. The molecule has 2 N–H and O–H groups in total. The first-order chi connectivity index (χ1) is 14.7. The average molecular weight is 483 g/mol. The van der Waals surface area contributed by atoms with E-state index in [1.165, 1.54) is 0 Å². The van der Waals surface area contributed by atoms with Gasteiger partial charge in [-0.3, -0.25) is 28.5 Å². The number of esters is 4. The van der Waals surface area contributed by atoms with Crippen LogP contribution in [-0.4, -0.2) is 85.8 Å². The summed E-state index contributed by atoms with van der Waals surface area (Å²) in [5.74, 6) is -5.11. The number of amides is 1. The largest absolute Gasteiger partial charge is 0.455 e. The predicted octanol–water partition coefficient (Wildman–Crippen LogP) is -1.54. The summed E-state index contributed by atoms with van der Waals surface area (Å²) in [5, 5.41) is 2.31. The number of hydrogen-bond acceptors (Lipinski definition) is 12. The van der Waals surface area contributed by atoms with Gasteiger partial charge >= 0.3 is 23.9 Å². The Morgan fingerprint density at radius 3 is 1.75 bits per heavy atom. The summed E-state index contributed by atoms with van der Waals surface area (Å²) in [5.41, 5.74) is 0. The highest BCUT2D eigenvalue weighted by molar-refractivity contribution is 7.85. The van der Waals surface area contributed by atoms with Crippen molar-refractivity contribution in [1.82, 2.24) is 5.32 Å². The van der Waals surface area contributed by atoms with Crippen LogP contribution in [-0.2, 0) is 57.8 Å². The standard InChI is InChI=1S/C17H25NO13S/c1-8(19)27-12-13(28-9(2)20)15(29-10(3)21)17(30-11(4)22)31-14(12)16(23)18-6-5-7-32(24,25)26/h12-15,17H,5-7H2,1-4H3,(H,18,23)(H,24,25,26)/t12-,13-,14-,15?,17?/m0/s1. The number of ether oxygens (including phenoxy) is 5. The molecule has 15 heteroatoms. The van der Waals surface area contributed by atoms with Crippen molar-refractivity contribution in [2.75, 3.05) is 12.3 Å². The summed E-state index contributed by atoms with van der Waals surface area (Å²) in [7, 11) is -4.25. The molecule has 1 rings (SSSR count). The molecule has 0 radical (unpaired) electrons. The number of nitrogens with one attached hydrogen (secondary N) is 1. The van der Waals surface area contributed by atoms with E-state index in [0.717, 1.165) is 27.7 Å². The second-order valence-corrected chi connectivity index (χ2v) is 8.26. The van der Waals surface area contributed by atoms with Crippen molar-refractivity contribution < 1.29 is 60.6 Å². The molecule has 0 spiro atoms. The van der Waals surface area contributed by atoms with Crippen molar-refractivity contribution in [2.45, 2.75) is 64.8 Å². The highest BCUT2D eigenvalue weighted by atomic mass is 32.2. The minimum absolute atomic E-state index is 0.160. The monoisotopic (exact) mass is 483 g/mol. The van der Waals surface area contributed by atoms with Crippen molar-refractivity contribution in [3.63, 3.8) is 0 Å². The van der Waals surface area contributed by atoms with Crippen LogP contribution in [0.15, 0.2) is 0 Å². The van der Waals surface area contributed by atoms with E-state index in [0.29, 0.717) is 0 Å². The third kappa shape index (κ3) is 9.15. The Balaban J connectivity index is 3.24. The van der Waals surface area contributed by atoms with Crippen LogP contribution in [0.5, 0.6) is 0 Å². The average Bonchev–Trinajstić information content (AvgIpc) is 2.60. The summed E-state index contributed by atoms with van der Waals surface area (Å²) in [6.45, 7) is 3.82. The zero-order valence-corrected chi connectivity index (χ0v) is 18.6. The van der Waals surface area contributed by atoms with Gasteiger partial charge in [-0.1, -0.05) is 0 Å². The van der Waals surface area contributed by atoms with E-state index in [1.807, 2.05) is 0 Å². The smallest absolute Gasteiger partial charge is 0.305 e. The third-order valence-electron chi connectivity index (χ3n) is 3.82. The fourth-order valence-electron chi connectivity index (χ4n) is 2.81. The molecule has 182 valence electrons. The minimum atomic E-state index is -4.25. The van der Waals surface area contributed by atoms with Gasteiger partial charge in [-0.2, -0.15) is 8.42 Å². The van der Waals surface area contributed by atoms with Gasteiger partial charge in [0.05, 0.1) is 5.75 Å². The molecule has 0 bridgehead atoms. The Hall–Kier alpha value is -2.78. The molecule has 0 aliphatic carbocycles. The number of hydrogen-bond donors (Lipinski definition) is 2. The van der Waals surface area contributed by atoms with Crippen molar-refractivity contribution in [2.24, 2.45) is 0 Å². The minimum Gasteiger partial charge on any atom is -0.455 e. The van der Waals surface area contributed by atoms with Crippen molar-refractivity contribution in [3.05, 3.63) is 0 Å². The second kappa shape index (κ2) is 11.7. The molecule has 14 nitrogen and oxygen atoms in total. The molecule has 1 amide bonds. The van der Waals surface area contributed by atoms with Crippen LogP contribution in [0.2, 0.25) is 0 Å². The van der Waals surface area contributed by atoms with E-state index in [9.17, 15) is 32.4 Å². The lowest BCUT2D eigenvalue weighted by Gasteiger charge is -2.43. The molecular weight excluding hydrogens is 458 g/mol. The van der Waals surface area contributed by atoms with Gasteiger partial charge in [0.1, 0.15) is 0 Å². The van der Waals surface area contributed by atoms with E-state index in [2.05, 4.69) is 5.32 Å². The Morgan fingerprint density at radius 1 is 0.812 bits per heavy atom. The van der Waals surface area contributed by atoms with Crippen LogP contribution < -0.4 is 5.32 Å². The summed E-state index contributed by atoms with van der Waals surface area (Å²) in [6, 6.07) is 0. The first-order valence-corrected chi connectivity index (χ1v) is 10.9. The topological polar surface area (TPSA) is 198 Å². The van der Waals surface area contributed by atoms with E-state index < -0.39 is 76.4 Å². The van der Waals surface area contributed by atoms with E-state index >= 15 is 0 Å². The maximum absolute atomic E-state index is 12.7. The quantitative estimate of drug-likeness (QED) is 0.166. The molecule has 5 atom stereocenters. The molecule has 2 unspecified atom stereocenters. The predicted molar refractivity (Wildman–Crippen MR) is 101 cm³/mol. The maximum Gasteiger partial charge on any atom is 0.305 e. The molecular formula is C17H25NO13S. The molecule has 32 heavy (non-hydrogen) atoms. The van der Waals surface area contributed by atoms with Gasteiger partial charge in [0.15, 0.2) is 18.3 Å². The zero-order valence-electron chi connectivity index (χ0n) is 17.8. The third-order valence-corrected chi connectivity index (χ3v) is 4.62. The molecule has 0 aromatic carbocycles. The molecule has 1 aliphatic rings. The zero-order chi connectivity index (χ0) is 24.6. The molecule has 1 heterocycles. The summed E-state index contributed by atoms with van der Waals surface area (Å²) < 4.78 is 56.0. The SMILES string of the molecule is CC(=O)OC1O[C@H](C(=O)NCCCS(=O)(=O)O)[C@@H](OC(C)=O)[C@H](OC(C)=O)C1OC(C)=O. The first-order valence-electron chi connectivity index (χ1n) is 9.28. The molecule has 0 aromatic rings. The summed E-state index contributed by atoms with van der Waals surface area (Å²) in [6.07, 6.45) is -8.35. The Morgan fingerprint density at radius 2 is 1.28 bits per heavy atom. The molecule has 1 aliphatic heterocycles. The van der Waals surface area contributed by atoms with Crippen LogP contribution in [0.4, 0.5) is 0 Å². The molecule has 1 fully saturated rings. The van der Waals surface area contributed by atoms with Crippen LogP contribution in [0, 0.1) is 0 Å². The van der Waals surface area contributed by atoms with Gasteiger partial charge in [-0.25, -0.2) is 0 Å². The van der Waals surface area contributed by atoms with E-state index in [-0.39, 0.29) is 13.0 Å². The first kappa shape index (κ1) is 27.3. The van der Waals surface area contributed by atoms with Crippen molar-refractivity contribution >= 4 is 39.9 Å². The number of carbonyl (C=O) groups excluding carboxylic acids is 5. The van der Waals surface area contributed by atoms with E-state index in [1.54, 1.807) is 0 Å². The van der Waals surface area contributed by atoms with Crippen molar-refractivity contribution in [1.29, 1.82) is 0 Å². The van der Waals surface area contributed by atoms with Gasteiger partial charge in [0.25, 0.3) is 16.0 Å². The van der Waals surface area contributed by atoms with Gasteiger partial charge < -0.3 is 29.0 Å². The van der Waals surface area contributed by atoms with Crippen LogP contribution in [0.25, 0.3) is 0 Å². The maximum atomic E-state index is 12.7. The Bertz CT molecular complexity index is 839. The van der Waals surface area contributed by atoms with E-state index in [4.69, 9.17) is 28.2 Å². The molecule has 1 saturated heterocycles. The fraction of sp³-hybridized carbons (Fsp3) is 0.706. The summed E-state index contributed by atoms with van der Waals surface area (Å²) in [4.78, 5) is 59.0. The van der Waals surface area contributed by atoms with Gasteiger partial charge in [-0.15, -0.1) is 0 Å². The van der Waals surface area contributed by atoms with Crippen LogP contribution in [0.3, 0.4) is 0 Å². The van der Waals surface area contributed by atoms with Gasteiger partial charge in [0, 0.05) is 34.2 Å². The summed E-state index contributed by atoms with van der Waals surface area (Å²) >= 11 is 0. The lowest BCUT2D eigenvalue weighted by molar-refractivity contribution is -0.290. The van der Waals surface area contributed by atoms with Crippen LogP contribution in [0.1, 0.15) is 34.1 Å². The van der Waals surface area contributed by atoms with Crippen LogP contribution >= 0.6 is 0 Å². The molecule has 0 saturated carbocycles. The highest BCUT2D eigenvalue weighted by Gasteiger charge is 2.55.